The number of alkyl halides is 3. The molecule has 26 heavy (non-hydrogen) atoms. The van der Waals surface area contributed by atoms with Gasteiger partial charge in [0.2, 0.25) is 5.95 Å². The van der Waals surface area contributed by atoms with E-state index in [9.17, 15) is 21.6 Å². The predicted molar refractivity (Wildman–Crippen MR) is 90.0 cm³/mol. The molecule has 2 heterocycles. The first-order chi connectivity index (χ1) is 12.2. The molecule has 0 saturated carbocycles. The quantitative estimate of drug-likeness (QED) is 0.861. The van der Waals surface area contributed by atoms with Crippen molar-refractivity contribution < 1.29 is 21.6 Å². The average molecular weight is 387 g/mol. The van der Waals surface area contributed by atoms with Crippen molar-refractivity contribution in [2.75, 3.05) is 28.8 Å². The summed E-state index contributed by atoms with van der Waals surface area (Å²) in [6, 6.07) is 4.72. The SMILES string of the molecule is CN(c1cnnc(Nc2ccccc2C(F)(F)F)n1)C1CCS(=O)(=O)C1. The van der Waals surface area contributed by atoms with Gasteiger partial charge in [-0.2, -0.15) is 23.3 Å². The molecule has 1 aliphatic rings. The van der Waals surface area contributed by atoms with Gasteiger partial charge in [-0.15, -0.1) is 5.10 Å². The molecule has 1 N–H and O–H groups in total. The van der Waals surface area contributed by atoms with E-state index < -0.39 is 21.6 Å². The van der Waals surface area contributed by atoms with Crippen LogP contribution < -0.4 is 10.2 Å². The van der Waals surface area contributed by atoms with Crippen molar-refractivity contribution in [3.05, 3.63) is 36.0 Å². The van der Waals surface area contributed by atoms with E-state index in [0.29, 0.717) is 12.2 Å². The van der Waals surface area contributed by atoms with Crippen molar-refractivity contribution in [3.8, 4) is 0 Å². The van der Waals surface area contributed by atoms with Crippen LogP contribution in [0.3, 0.4) is 0 Å². The first-order valence-corrected chi connectivity index (χ1v) is 9.54. The van der Waals surface area contributed by atoms with Crippen LogP contribution in [0.4, 0.5) is 30.6 Å². The lowest BCUT2D eigenvalue weighted by Crippen LogP contribution is -2.33. The van der Waals surface area contributed by atoms with Gasteiger partial charge in [0.15, 0.2) is 15.7 Å². The van der Waals surface area contributed by atoms with E-state index in [-0.39, 0.29) is 29.2 Å². The average Bonchev–Trinajstić information content (AvgIpc) is 2.94. The van der Waals surface area contributed by atoms with Crippen LogP contribution in [-0.2, 0) is 16.0 Å². The Hall–Kier alpha value is -2.43. The fraction of sp³-hybridized carbons (Fsp3) is 0.400. The highest BCUT2D eigenvalue weighted by molar-refractivity contribution is 7.91. The Morgan fingerprint density at radius 3 is 2.65 bits per heavy atom. The largest absolute Gasteiger partial charge is 0.418 e. The fourth-order valence-corrected chi connectivity index (χ4v) is 4.52. The maximum atomic E-state index is 13.1. The molecule has 1 aromatic heterocycles. The summed E-state index contributed by atoms with van der Waals surface area (Å²) in [6.07, 6.45) is -2.72. The van der Waals surface area contributed by atoms with Gasteiger partial charge in [-0.1, -0.05) is 12.1 Å². The number of anilines is 3. The van der Waals surface area contributed by atoms with Crippen molar-refractivity contribution in [3.63, 3.8) is 0 Å². The summed E-state index contributed by atoms with van der Waals surface area (Å²) in [6.45, 7) is 0. The lowest BCUT2D eigenvalue weighted by Gasteiger charge is -2.24. The van der Waals surface area contributed by atoms with Crippen LogP contribution >= 0.6 is 0 Å². The van der Waals surface area contributed by atoms with Gasteiger partial charge in [0.05, 0.1) is 29.0 Å². The minimum atomic E-state index is -4.52. The van der Waals surface area contributed by atoms with Crippen molar-refractivity contribution in [2.24, 2.45) is 0 Å². The summed E-state index contributed by atoms with van der Waals surface area (Å²) in [7, 11) is -1.41. The number of sulfone groups is 1. The fourth-order valence-electron chi connectivity index (χ4n) is 2.75. The van der Waals surface area contributed by atoms with Gasteiger partial charge in [0.1, 0.15) is 0 Å². The number of para-hydroxylation sites is 1. The molecule has 0 bridgehead atoms. The van der Waals surface area contributed by atoms with Crippen LogP contribution in [0.2, 0.25) is 0 Å². The topological polar surface area (TPSA) is 88.1 Å². The molecule has 0 amide bonds. The van der Waals surface area contributed by atoms with Crippen LogP contribution in [0.5, 0.6) is 0 Å². The molecular formula is C15H16F3N5O2S. The van der Waals surface area contributed by atoms with Gasteiger partial charge < -0.3 is 10.2 Å². The highest BCUT2D eigenvalue weighted by Gasteiger charge is 2.34. The molecule has 11 heteroatoms. The molecule has 1 atom stereocenters. The van der Waals surface area contributed by atoms with Gasteiger partial charge in [0, 0.05) is 13.1 Å². The molecule has 1 aromatic carbocycles. The number of benzene rings is 1. The zero-order chi connectivity index (χ0) is 18.9. The third-order valence-electron chi connectivity index (χ3n) is 4.14. The molecule has 0 radical (unpaired) electrons. The Bertz CT molecular complexity index is 904. The monoisotopic (exact) mass is 387 g/mol. The summed E-state index contributed by atoms with van der Waals surface area (Å²) in [4.78, 5) is 5.82. The highest BCUT2D eigenvalue weighted by atomic mass is 32.2. The van der Waals surface area contributed by atoms with E-state index in [1.54, 1.807) is 11.9 Å². The molecule has 7 nitrogen and oxygen atoms in total. The van der Waals surface area contributed by atoms with E-state index in [1.807, 2.05) is 0 Å². The van der Waals surface area contributed by atoms with Crippen LogP contribution in [0, 0.1) is 0 Å². The molecule has 2 aromatic rings. The van der Waals surface area contributed by atoms with Gasteiger partial charge in [-0.25, -0.2) is 8.42 Å². The Labute approximate surface area is 148 Å². The minimum Gasteiger partial charge on any atom is -0.354 e. The number of nitrogens with zero attached hydrogens (tertiary/aromatic N) is 4. The third kappa shape index (κ3) is 4.03. The van der Waals surface area contributed by atoms with Crippen molar-refractivity contribution in [1.29, 1.82) is 0 Å². The summed E-state index contributed by atoms with van der Waals surface area (Å²) >= 11 is 0. The van der Waals surface area contributed by atoms with Crippen LogP contribution in [0.25, 0.3) is 0 Å². The van der Waals surface area contributed by atoms with E-state index in [0.717, 1.165) is 6.07 Å². The number of nitrogens with one attached hydrogen (secondary N) is 1. The first kappa shape index (κ1) is 18.4. The Balaban J connectivity index is 1.83. The second kappa shape index (κ2) is 6.71. The third-order valence-corrected chi connectivity index (χ3v) is 5.89. The zero-order valence-corrected chi connectivity index (χ0v) is 14.5. The summed E-state index contributed by atoms with van der Waals surface area (Å²) in [5.41, 5.74) is -1.03. The van der Waals surface area contributed by atoms with Crippen LogP contribution in [-0.4, -0.2) is 48.2 Å². The van der Waals surface area contributed by atoms with E-state index >= 15 is 0 Å². The maximum Gasteiger partial charge on any atom is 0.418 e. The second-order valence-corrected chi connectivity index (χ2v) is 8.20. The number of halogens is 3. The van der Waals surface area contributed by atoms with E-state index in [1.165, 1.54) is 24.4 Å². The van der Waals surface area contributed by atoms with Gasteiger partial charge in [-0.05, 0) is 18.6 Å². The number of hydrogen-bond donors (Lipinski definition) is 1. The standard InChI is InChI=1S/C15H16F3N5O2S/c1-23(10-6-7-26(24,25)9-10)13-8-19-22-14(21-13)20-12-5-3-2-4-11(12)15(16,17)18/h2-5,8,10H,6-7,9H2,1H3,(H,20,21,22). The number of hydrogen-bond acceptors (Lipinski definition) is 7. The van der Waals surface area contributed by atoms with Gasteiger partial charge in [0.25, 0.3) is 0 Å². The predicted octanol–water partition coefficient (Wildman–Crippen LogP) is 2.26. The normalized spacial score (nSPS) is 19.3. The lowest BCUT2D eigenvalue weighted by atomic mass is 10.1. The Morgan fingerprint density at radius 2 is 2.00 bits per heavy atom. The molecule has 3 rings (SSSR count). The summed E-state index contributed by atoms with van der Waals surface area (Å²) < 4.78 is 62.5. The van der Waals surface area contributed by atoms with Gasteiger partial charge >= 0.3 is 6.18 Å². The summed E-state index contributed by atoms with van der Waals surface area (Å²) in [5, 5.41) is 10.00. The number of rotatable bonds is 4. The smallest absolute Gasteiger partial charge is 0.354 e. The van der Waals surface area contributed by atoms with Crippen LogP contribution in [0.1, 0.15) is 12.0 Å². The van der Waals surface area contributed by atoms with Crippen molar-refractivity contribution >= 4 is 27.3 Å². The molecular weight excluding hydrogens is 371 g/mol. The highest BCUT2D eigenvalue weighted by Crippen LogP contribution is 2.35. The lowest BCUT2D eigenvalue weighted by molar-refractivity contribution is -0.136. The maximum absolute atomic E-state index is 13.1. The molecule has 0 aliphatic carbocycles. The Kier molecular flexibility index (Phi) is 4.74. The summed E-state index contributed by atoms with van der Waals surface area (Å²) in [5.74, 6) is 0.332. The molecule has 1 aliphatic heterocycles. The Morgan fingerprint density at radius 1 is 1.27 bits per heavy atom. The molecule has 1 unspecified atom stereocenters. The number of aromatic nitrogens is 3. The van der Waals surface area contributed by atoms with E-state index in [4.69, 9.17) is 0 Å². The molecule has 140 valence electrons. The molecule has 0 spiro atoms. The van der Waals surface area contributed by atoms with Crippen molar-refractivity contribution in [1.82, 2.24) is 15.2 Å². The van der Waals surface area contributed by atoms with Crippen molar-refractivity contribution in [2.45, 2.75) is 18.6 Å². The van der Waals surface area contributed by atoms with E-state index in [2.05, 4.69) is 20.5 Å². The minimum absolute atomic E-state index is 0.00711. The van der Waals surface area contributed by atoms with Crippen LogP contribution in [0.15, 0.2) is 30.5 Å². The van der Waals surface area contributed by atoms with Gasteiger partial charge in [-0.3, -0.25) is 0 Å². The first-order valence-electron chi connectivity index (χ1n) is 7.72. The molecule has 1 fully saturated rings. The zero-order valence-electron chi connectivity index (χ0n) is 13.7. The second-order valence-electron chi connectivity index (χ2n) is 5.97. The molecule has 1 saturated heterocycles.